The van der Waals surface area contributed by atoms with Crippen LogP contribution >= 0.6 is 0 Å². The van der Waals surface area contributed by atoms with Gasteiger partial charge in [-0.25, -0.2) is 0 Å². The van der Waals surface area contributed by atoms with Crippen molar-refractivity contribution in [2.24, 2.45) is 7.05 Å². The van der Waals surface area contributed by atoms with Crippen LogP contribution in [0.4, 0.5) is 0 Å². The summed E-state index contributed by atoms with van der Waals surface area (Å²) in [5, 5.41) is 12.7. The number of rotatable bonds is 3. The average Bonchev–Trinajstić information content (AvgIpc) is 2.53. The zero-order valence-electron chi connectivity index (χ0n) is 9.19. The van der Waals surface area contributed by atoms with Gasteiger partial charge in [0.05, 0.1) is 11.8 Å². The number of hydrogen-bond donors (Lipinski definition) is 0. The summed E-state index contributed by atoms with van der Waals surface area (Å²) in [4.78, 5) is 13.4. The van der Waals surface area contributed by atoms with Gasteiger partial charge in [0.15, 0.2) is 0 Å². The van der Waals surface area contributed by atoms with Crippen LogP contribution in [0.25, 0.3) is 0 Å². The Balaban J connectivity index is 2.93. The highest BCUT2D eigenvalue weighted by Crippen LogP contribution is 2.05. The standard InChI is InChI=1S/C10H14N4O/c1-4-14(6-5-11)10(15)9-7-8(2)12-13(9)3/h7H,4,6H2,1-3H3. The number of aryl methyl sites for hydroxylation is 2. The fraction of sp³-hybridized carbons (Fsp3) is 0.500. The number of aromatic nitrogens is 2. The highest BCUT2D eigenvalue weighted by Gasteiger charge is 2.17. The second kappa shape index (κ2) is 4.60. The van der Waals surface area contributed by atoms with Gasteiger partial charge in [0.25, 0.3) is 5.91 Å². The maximum Gasteiger partial charge on any atom is 0.272 e. The molecule has 0 saturated carbocycles. The van der Waals surface area contributed by atoms with Crippen molar-refractivity contribution in [2.45, 2.75) is 13.8 Å². The molecule has 0 aromatic carbocycles. The first-order chi connectivity index (χ1) is 7.10. The molecule has 80 valence electrons. The van der Waals surface area contributed by atoms with E-state index < -0.39 is 0 Å². The van der Waals surface area contributed by atoms with E-state index in [2.05, 4.69) is 5.10 Å². The maximum absolute atomic E-state index is 11.9. The van der Waals surface area contributed by atoms with Gasteiger partial charge in [0.2, 0.25) is 0 Å². The lowest BCUT2D eigenvalue weighted by molar-refractivity contribution is 0.0773. The minimum atomic E-state index is -0.151. The normalized spacial score (nSPS) is 9.73. The van der Waals surface area contributed by atoms with Crippen molar-refractivity contribution in [3.63, 3.8) is 0 Å². The number of carbonyl (C=O) groups is 1. The summed E-state index contributed by atoms with van der Waals surface area (Å²) in [6.45, 7) is 4.31. The topological polar surface area (TPSA) is 61.9 Å². The van der Waals surface area contributed by atoms with Crippen LogP contribution in [-0.2, 0) is 7.05 Å². The summed E-state index contributed by atoms with van der Waals surface area (Å²) in [6, 6.07) is 3.70. The molecular weight excluding hydrogens is 192 g/mol. The van der Waals surface area contributed by atoms with Gasteiger partial charge in [0.1, 0.15) is 12.2 Å². The van der Waals surface area contributed by atoms with Gasteiger partial charge < -0.3 is 4.90 Å². The van der Waals surface area contributed by atoms with Crippen LogP contribution in [0.3, 0.4) is 0 Å². The van der Waals surface area contributed by atoms with Gasteiger partial charge in [-0.2, -0.15) is 10.4 Å². The number of amides is 1. The molecule has 0 fully saturated rings. The average molecular weight is 206 g/mol. The van der Waals surface area contributed by atoms with Crippen molar-refractivity contribution in [2.75, 3.05) is 13.1 Å². The third-order valence-corrected chi connectivity index (χ3v) is 2.15. The summed E-state index contributed by atoms with van der Waals surface area (Å²) >= 11 is 0. The lowest BCUT2D eigenvalue weighted by Crippen LogP contribution is -2.32. The zero-order valence-corrected chi connectivity index (χ0v) is 9.19. The van der Waals surface area contributed by atoms with Crippen LogP contribution < -0.4 is 0 Å². The van der Waals surface area contributed by atoms with Crippen molar-refractivity contribution >= 4 is 5.91 Å². The van der Waals surface area contributed by atoms with Gasteiger partial charge in [-0.3, -0.25) is 9.48 Å². The van der Waals surface area contributed by atoms with Gasteiger partial charge in [-0.05, 0) is 19.9 Å². The molecule has 0 aliphatic carbocycles. The summed E-state index contributed by atoms with van der Waals surface area (Å²) in [5.41, 5.74) is 1.32. The molecule has 0 aliphatic heterocycles. The molecule has 1 heterocycles. The van der Waals surface area contributed by atoms with E-state index in [1.54, 1.807) is 13.1 Å². The Bertz CT molecular complexity index is 402. The molecule has 0 unspecified atom stereocenters. The third kappa shape index (κ3) is 2.34. The summed E-state index contributed by atoms with van der Waals surface area (Å²) in [7, 11) is 1.72. The Hall–Kier alpha value is -1.83. The number of carbonyl (C=O) groups excluding carboxylic acids is 1. The van der Waals surface area contributed by atoms with Gasteiger partial charge in [-0.1, -0.05) is 0 Å². The maximum atomic E-state index is 11.9. The fourth-order valence-corrected chi connectivity index (χ4v) is 1.39. The molecule has 0 saturated heterocycles. The van der Waals surface area contributed by atoms with E-state index in [0.717, 1.165) is 5.69 Å². The molecule has 1 aromatic rings. The molecule has 0 N–H and O–H groups in total. The van der Waals surface area contributed by atoms with Gasteiger partial charge in [-0.15, -0.1) is 0 Å². The van der Waals surface area contributed by atoms with Crippen LogP contribution in [0.2, 0.25) is 0 Å². The van der Waals surface area contributed by atoms with Crippen LogP contribution in [0.1, 0.15) is 23.1 Å². The van der Waals surface area contributed by atoms with Crippen molar-refractivity contribution in [1.82, 2.24) is 14.7 Å². The summed E-state index contributed by atoms with van der Waals surface area (Å²) < 4.78 is 1.54. The SMILES string of the molecule is CCN(CC#N)C(=O)c1cc(C)nn1C. The minimum absolute atomic E-state index is 0.111. The molecule has 0 bridgehead atoms. The van der Waals surface area contributed by atoms with E-state index in [1.165, 1.54) is 9.58 Å². The Morgan fingerprint density at radius 2 is 2.40 bits per heavy atom. The molecule has 15 heavy (non-hydrogen) atoms. The minimum Gasteiger partial charge on any atom is -0.324 e. The van der Waals surface area contributed by atoms with Crippen LogP contribution in [0, 0.1) is 18.3 Å². The van der Waals surface area contributed by atoms with E-state index in [1.807, 2.05) is 19.9 Å². The second-order valence-electron chi connectivity index (χ2n) is 3.27. The largest absolute Gasteiger partial charge is 0.324 e. The Morgan fingerprint density at radius 1 is 1.73 bits per heavy atom. The molecule has 0 spiro atoms. The van der Waals surface area contributed by atoms with E-state index in [-0.39, 0.29) is 12.5 Å². The molecule has 5 heteroatoms. The predicted molar refractivity (Wildman–Crippen MR) is 55.1 cm³/mol. The van der Waals surface area contributed by atoms with Crippen LogP contribution in [-0.4, -0.2) is 33.7 Å². The number of hydrogen-bond acceptors (Lipinski definition) is 3. The molecule has 5 nitrogen and oxygen atoms in total. The monoisotopic (exact) mass is 206 g/mol. The molecule has 1 aromatic heterocycles. The second-order valence-corrected chi connectivity index (χ2v) is 3.27. The van der Waals surface area contributed by atoms with E-state index in [9.17, 15) is 4.79 Å². The van der Waals surface area contributed by atoms with Gasteiger partial charge >= 0.3 is 0 Å². The van der Waals surface area contributed by atoms with Crippen molar-refractivity contribution in [3.05, 3.63) is 17.5 Å². The quantitative estimate of drug-likeness (QED) is 0.684. The van der Waals surface area contributed by atoms with Crippen LogP contribution in [0.15, 0.2) is 6.07 Å². The van der Waals surface area contributed by atoms with Gasteiger partial charge in [0, 0.05) is 13.6 Å². The molecule has 1 amide bonds. The Morgan fingerprint density at radius 3 is 2.80 bits per heavy atom. The first-order valence-electron chi connectivity index (χ1n) is 4.77. The number of nitriles is 1. The fourth-order valence-electron chi connectivity index (χ4n) is 1.39. The third-order valence-electron chi connectivity index (χ3n) is 2.15. The summed E-state index contributed by atoms with van der Waals surface area (Å²) in [5.74, 6) is -0.151. The van der Waals surface area contributed by atoms with Crippen molar-refractivity contribution < 1.29 is 4.79 Å². The van der Waals surface area contributed by atoms with Crippen LogP contribution in [0.5, 0.6) is 0 Å². The molecular formula is C10H14N4O. The molecule has 0 radical (unpaired) electrons. The van der Waals surface area contributed by atoms with E-state index in [4.69, 9.17) is 5.26 Å². The molecule has 0 aliphatic rings. The Kier molecular flexibility index (Phi) is 3.45. The highest BCUT2D eigenvalue weighted by atomic mass is 16.2. The van der Waals surface area contributed by atoms with E-state index in [0.29, 0.717) is 12.2 Å². The zero-order chi connectivity index (χ0) is 11.4. The lowest BCUT2D eigenvalue weighted by atomic mass is 10.3. The highest BCUT2D eigenvalue weighted by molar-refractivity contribution is 5.92. The summed E-state index contributed by atoms with van der Waals surface area (Å²) in [6.07, 6.45) is 0. The molecule has 0 atom stereocenters. The van der Waals surface area contributed by atoms with Crippen molar-refractivity contribution in [3.8, 4) is 6.07 Å². The first kappa shape index (κ1) is 11.2. The van der Waals surface area contributed by atoms with Crippen molar-refractivity contribution in [1.29, 1.82) is 5.26 Å². The lowest BCUT2D eigenvalue weighted by Gasteiger charge is -2.16. The molecule has 1 rings (SSSR count). The first-order valence-corrected chi connectivity index (χ1v) is 4.77. The predicted octanol–water partition coefficient (Wildman–Crippen LogP) is 0.714. The smallest absolute Gasteiger partial charge is 0.272 e. The Labute approximate surface area is 88.9 Å². The number of nitrogens with zero attached hydrogens (tertiary/aromatic N) is 4. The van der Waals surface area contributed by atoms with E-state index >= 15 is 0 Å².